The first kappa shape index (κ1) is 22.1. The lowest BCUT2D eigenvalue weighted by Crippen LogP contribution is -2.44. The molecule has 0 aromatic heterocycles. The number of amides is 4. The Morgan fingerprint density at radius 1 is 1.13 bits per heavy atom. The molecule has 0 bridgehead atoms. The maximum absolute atomic E-state index is 12.6. The third kappa shape index (κ3) is 5.21. The van der Waals surface area contributed by atoms with Crippen LogP contribution in [0.1, 0.15) is 56.9 Å². The van der Waals surface area contributed by atoms with Crippen LogP contribution in [0.3, 0.4) is 0 Å². The second-order valence-corrected chi connectivity index (χ2v) is 9.46. The Kier molecular flexibility index (Phi) is 6.82. The summed E-state index contributed by atoms with van der Waals surface area (Å²) in [7, 11) is 0. The van der Waals surface area contributed by atoms with Crippen molar-refractivity contribution in [2.45, 2.75) is 69.5 Å². The van der Waals surface area contributed by atoms with Crippen molar-refractivity contribution in [3.05, 3.63) is 34.9 Å². The Hall–Kier alpha value is -2.12. The van der Waals surface area contributed by atoms with Gasteiger partial charge < -0.3 is 10.6 Å². The SMILES string of the molecule is O=C(CCCN1C(=O)NC2(CCCC2)C1=O)NC1CCN(Cc2ccc(Cl)cc2)CC1. The number of hydrogen-bond acceptors (Lipinski definition) is 4. The number of carbonyl (C=O) groups is 3. The number of piperidine rings is 1. The molecular formula is C23H31ClN4O3. The van der Waals surface area contributed by atoms with E-state index in [4.69, 9.17) is 11.6 Å². The van der Waals surface area contributed by atoms with Gasteiger partial charge >= 0.3 is 6.03 Å². The fourth-order valence-corrected chi connectivity index (χ4v) is 5.10. The summed E-state index contributed by atoms with van der Waals surface area (Å²) >= 11 is 5.94. The molecule has 1 aromatic carbocycles. The summed E-state index contributed by atoms with van der Waals surface area (Å²) in [5.41, 5.74) is 0.575. The maximum Gasteiger partial charge on any atom is 0.325 e. The molecule has 3 aliphatic rings. The van der Waals surface area contributed by atoms with Crippen molar-refractivity contribution in [2.24, 2.45) is 0 Å². The number of likely N-dealkylation sites (tertiary alicyclic amines) is 1. The molecule has 2 heterocycles. The molecule has 0 unspecified atom stereocenters. The van der Waals surface area contributed by atoms with E-state index in [9.17, 15) is 14.4 Å². The molecule has 4 amide bonds. The van der Waals surface area contributed by atoms with Crippen molar-refractivity contribution in [3.63, 3.8) is 0 Å². The number of benzene rings is 1. The largest absolute Gasteiger partial charge is 0.353 e. The number of imide groups is 1. The van der Waals surface area contributed by atoms with Crippen LogP contribution in [0.4, 0.5) is 4.79 Å². The normalized spacial score (nSPS) is 21.6. The molecule has 1 aliphatic carbocycles. The number of nitrogens with one attached hydrogen (secondary N) is 2. The van der Waals surface area contributed by atoms with Gasteiger partial charge in [-0.15, -0.1) is 0 Å². The molecule has 3 fully saturated rings. The quantitative estimate of drug-likeness (QED) is 0.630. The van der Waals surface area contributed by atoms with Crippen LogP contribution in [-0.2, 0) is 16.1 Å². The van der Waals surface area contributed by atoms with Crippen LogP contribution in [-0.4, -0.2) is 58.9 Å². The molecule has 1 aromatic rings. The molecule has 2 N–H and O–H groups in total. The molecule has 1 spiro atoms. The Morgan fingerprint density at radius 2 is 1.81 bits per heavy atom. The van der Waals surface area contributed by atoms with E-state index in [1.807, 2.05) is 12.1 Å². The third-order valence-corrected chi connectivity index (χ3v) is 7.01. The number of urea groups is 1. The average molecular weight is 447 g/mol. The van der Waals surface area contributed by atoms with E-state index in [1.54, 1.807) is 0 Å². The molecular weight excluding hydrogens is 416 g/mol. The minimum absolute atomic E-state index is 0.00113. The van der Waals surface area contributed by atoms with Gasteiger partial charge in [-0.25, -0.2) is 4.79 Å². The van der Waals surface area contributed by atoms with Crippen LogP contribution < -0.4 is 10.6 Å². The Morgan fingerprint density at radius 3 is 2.48 bits per heavy atom. The highest BCUT2D eigenvalue weighted by atomic mass is 35.5. The van der Waals surface area contributed by atoms with E-state index in [0.717, 1.165) is 63.2 Å². The van der Waals surface area contributed by atoms with Gasteiger partial charge in [0.25, 0.3) is 5.91 Å². The van der Waals surface area contributed by atoms with Gasteiger partial charge in [0.2, 0.25) is 5.91 Å². The van der Waals surface area contributed by atoms with Gasteiger partial charge in [0, 0.05) is 43.7 Å². The van der Waals surface area contributed by atoms with Gasteiger partial charge in [-0.2, -0.15) is 0 Å². The molecule has 7 nitrogen and oxygen atoms in total. The van der Waals surface area contributed by atoms with Crippen molar-refractivity contribution < 1.29 is 14.4 Å². The zero-order chi connectivity index (χ0) is 21.8. The van der Waals surface area contributed by atoms with Crippen molar-refractivity contribution >= 4 is 29.4 Å². The zero-order valence-electron chi connectivity index (χ0n) is 17.9. The highest BCUT2D eigenvalue weighted by molar-refractivity contribution is 6.30. The number of hydrogen-bond donors (Lipinski definition) is 2. The van der Waals surface area contributed by atoms with Crippen LogP contribution in [0.15, 0.2) is 24.3 Å². The van der Waals surface area contributed by atoms with Crippen LogP contribution >= 0.6 is 11.6 Å². The predicted molar refractivity (Wildman–Crippen MR) is 119 cm³/mol. The number of nitrogens with zero attached hydrogens (tertiary/aromatic N) is 2. The predicted octanol–water partition coefficient (Wildman–Crippen LogP) is 3.07. The second kappa shape index (κ2) is 9.57. The third-order valence-electron chi connectivity index (χ3n) is 6.76. The lowest BCUT2D eigenvalue weighted by atomic mass is 9.98. The molecule has 0 atom stereocenters. The molecule has 31 heavy (non-hydrogen) atoms. The van der Waals surface area contributed by atoms with E-state index < -0.39 is 5.54 Å². The second-order valence-electron chi connectivity index (χ2n) is 9.02. The number of halogens is 1. The minimum atomic E-state index is -0.667. The van der Waals surface area contributed by atoms with Gasteiger partial charge in [-0.05, 0) is 49.8 Å². The molecule has 0 radical (unpaired) electrons. The fourth-order valence-electron chi connectivity index (χ4n) is 4.98. The summed E-state index contributed by atoms with van der Waals surface area (Å²) in [6.45, 7) is 3.08. The monoisotopic (exact) mass is 446 g/mol. The molecule has 4 rings (SSSR count). The summed E-state index contributed by atoms with van der Waals surface area (Å²) in [5.74, 6) is -0.109. The van der Waals surface area contributed by atoms with E-state index in [-0.39, 0.29) is 23.9 Å². The standard InChI is InChI=1S/C23H31ClN4O3/c24-18-7-5-17(6-8-18)16-27-14-9-19(10-15-27)25-20(29)4-3-13-28-21(30)23(26-22(28)31)11-1-2-12-23/h5-8,19H,1-4,9-16H2,(H,25,29)(H,26,31). The number of carbonyl (C=O) groups excluding carboxylic acids is 3. The topological polar surface area (TPSA) is 81.8 Å². The highest BCUT2D eigenvalue weighted by Gasteiger charge is 2.52. The highest BCUT2D eigenvalue weighted by Crippen LogP contribution is 2.35. The lowest BCUT2D eigenvalue weighted by Gasteiger charge is -2.32. The van der Waals surface area contributed by atoms with Crippen LogP contribution in [0.25, 0.3) is 0 Å². The summed E-state index contributed by atoms with van der Waals surface area (Å²) in [6.07, 6.45) is 6.08. The molecule has 168 valence electrons. The minimum Gasteiger partial charge on any atom is -0.353 e. The van der Waals surface area contributed by atoms with E-state index in [1.165, 1.54) is 10.5 Å². The van der Waals surface area contributed by atoms with Crippen molar-refractivity contribution in [1.29, 1.82) is 0 Å². The van der Waals surface area contributed by atoms with Gasteiger partial charge in [0.15, 0.2) is 0 Å². The molecule has 2 saturated heterocycles. The van der Waals surface area contributed by atoms with Crippen molar-refractivity contribution in [2.75, 3.05) is 19.6 Å². The van der Waals surface area contributed by atoms with Crippen LogP contribution in [0.5, 0.6) is 0 Å². The molecule has 1 saturated carbocycles. The Labute approximate surface area is 188 Å². The van der Waals surface area contributed by atoms with E-state index in [2.05, 4.69) is 27.7 Å². The molecule has 2 aliphatic heterocycles. The van der Waals surface area contributed by atoms with Gasteiger partial charge in [0.1, 0.15) is 5.54 Å². The first-order chi connectivity index (χ1) is 14.9. The first-order valence-electron chi connectivity index (χ1n) is 11.4. The summed E-state index contributed by atoms with van der Waals surface area (Å²) in [6, 6.07) is 7.81. The van der Waals surface area contributed by atoms with Gasteiger partial charge in [-0.3, -0.25) is 19.4 Å². The smallest absolute Gasteiger partial charge is 0.325 e. The fraction of sp³-hybridized carbons (Fsp3) is 0.609. The summed E-state index contributed by atoms with van der Waals surface area (Å²) < 4.78 is 0. The first-order valence-corrected chi connectivity index (χ1v) is 11.7. The molecule has 8 heteroatoms. The van der Waals surface area contributed by atoms with Gasteiger partial charge in [-0.1, -0.05) is 36.6 Å². The Bertz CT molecular complexity index is 815. The lowest BCUT2D eigenvalue weighted by molar-refractivity contribution is -0.131. The van der Waals surface area contributed by atoms with E-state index >= 15 is 0 Å². The summed E-state index contributed by atoms with van der Waals surface area (Å²) in [4.78, 5) is 40.9. The van der Waals surface area contributed by atoms with Crippen molar-refractivity contribution in [3.8, 4) is 0 Å². The van der Waals surface area contributed by atoms with Crippen molar-refractivity contribution in [1.82, 2.24) is 20.4 Å². The summed E-state index contributed by atoms with van der Waals surface area (Å²) in [5, 5.41) is 6.75. The Balaban J connectivity index is 1.14. The number of rotatable bonds is 7. The van der Waals surface area contributed by atoms with Crippen LogP contribution in [0.2, 0.25) is 5.02 Å². The van der Waals surface area contributed by atoms with E-state index in [0.29, 0.717) is 19.4 Å². The average Bonchev–Trinajstić information content (AvgIpc) is 3.31. The maximum atomic E-state index is 12.6. The van der Waals surface area contributed by atoms with Crippen LogP contribution in [0, 0.1) is 0 Å². The zero-order valence-corrected chi connectivity index (χ0v) is 18.6. The van der Waals surface area contributed by atoms with Gasteiger partial charge in [0.05, 0.1) is 0 Å².